The van der Waals surface area contributed by atoms with Crippen molar-refractivity contribution in [2.45, 2.75) is 24.6 Å². The van der Waals surface area contributed by atoms with E-state index in [0.717, 1.165) is 33.2 Å². The maximum atomic E-state index is 14.7. The predicted molar refractivity (Wildman–Crippen MR) is 150 cm³/mol. The molecule has 4 aromatic carbocycles. The Morgan fingerprint density at radius 3 is 2.33 bits per heavy atom. The number of hydrogen-bond acceptors (Lipinski definition) is 6. The fourth-order valence-electron chi connectivity index (χ4n) is 4.24. The molecule has 0 radical (unpaired) electrons. The van der Waals surface area contributed by atoms with Gasteiger partial charge in [0.25, 0.3) is 0 Å². The normalized spacial score (nSPS) is 11.5. The van der Waals surface area contributed by atoms with Gasteiger partial charge in [-0.15, -0.1) is 0 Å². The molecule has 0 aliphatic rings. The third-order valence-electron chi connectivity index (χ3n) is 6.31. The van der Waals surface area contributed by atoms with Crippen molar-refractivity contribution in [1.29, 1.82) is 0 Å². The minimum absolute atomic E-state index is 0.101. The zero-order valence-corrected chi connectivity index (χ0v) is 22.1. The van der Waals surface area contributed by atoms with Crippen LogP contribution in [0.15, 0.2) is 102 Å². The molecule has 0 amide bonds. The van der Waals surface area contributed by atoms with E-state index in [4.69, 9.17) is 4.74 Å². The summed E-state index contributed by atoms with van der Waals surface area (Å²) in [4.78, 5) is 8.89. The molecular weight excluding hydrogens is 515 g/mol. The molecule has 0 unspecified atom stereocenters. The van der Waals surface area contributed by atoms with Gasteiger partial charge in [-0.25, -0.2) is 27.5 Å². The lowest BCUT2D eigenvalue weighted by Gasteiger charge is -2.12. The monoisotopic (exact) mass is 542 g/mol. The van der Waals surface area contributed by atoms with Crippen molar-refractivity contribution in [2.75, 3.05) is 12.4 Å². The first-order valence-electron chi connectivity index (χ1n) is 12.3. The Morgan fingerprint density at radius 1 is 0.821 bits per heavy atom. The molecule has 0 aliphatic carbocycles. The predicted octanol–water partition coefficient (Wildman–Crippen LogP) is 5.67. The van der Waals surface area contributed by atoms with E-state index in [1.54, 1.807) is 31.4 Å². The maximum absolute atomic E-state index is 14.7. The Kier molecular flexibility index (Phi) is 7.92. The van der Waals surface area contributed by atoms with Gasteiger partial charge in [-0.05, 0) is 58.7 Å². The molecule has 0 aliphatic heterocycles. The third kappa shape index (κ3) is 6.28. The van der Waals surface area contributed by atoms with Crippen LogP contribution in [0.25, 0.3) is 22.0 Å². The molecule has 0 bridgehead atoms. The van der Waals surface area contributed by atoms with Crippen molar-refractivity contribution in [3.8, 4) is 11.1 Å². The minimum Gasteiger partial charge on any atom is -0.380 e. The molecule has 0 saturated heterocycles. The highest BCUT2D eigenvalue weighted by atomic mass is 32.2. The SMILES string of the molecule is COCc1ccc(S(=O)(=O)NCc2cc(-c3ccc4ncnc(NCc5ccccc5)c4c3)ccc2F)cc1. The average molecular weight is 543 g/mol. The molecule has 2 N–H and O–H groups in total. The number of ether oxygens (including phenoxy) is 1. The number of nitrogens with one attached hydrogen (secondary N) is 2. The second-order valence-corrected chi connectivity index (χ2v) is 10.8. The van der Waals surface area contributed by atoms with Gasteiger partial charge in [0.15, 0.2) is 0 Å². The van der Waals surface area contributed by atoms with E-state index in [-0.39, 0.29) is 17.0 Å². The van der Waals surface area contributed by atoms with Crippen molar-refractivity contribution in [1.82, 2.24) is 14.7 Å². The van der Waals surface area contributed by atoms with Gasteiger partial charge < -0.3 is 10.1 Å². The van der Waals surface area contributed by atoms with Gasteiger partial charge in [0.05, 0.1) is 17.0 Å². The first kappa shape index (κ1) is 26.4. The fourth-order valence-corrected chi connectivity index (χ4v) is 5.24. The quantitative estimate of drug-likeness (QED) is 0.236. The number of aromatic nitrogens is 2. The van der Waals surface area contributed by atoms with Gasteiger partial charge in [0, 0.05) is 31.1 Å². The number of nitrogens with zero attached hydrogens (tertiary/aromatic N) is 2. The Balaban J connectivity index is 1.37. The zero-order chi connectivity index (χ0) is 27.2. The van der Waals surface area contributed by atoms with Crippen molar-refractivity contribution in [2.24, 2.45) is 0 Å². The van der Waals surface area contributed by atoms with Crippen molar-refractivity contribution in [3.05, 3.63) is 120 Å². The van der Waals surface area contributed by atoms with E-state index < -0.39 is 15.8 Å². The lowest BCUT2D eigenvalue weighted by atomic mass is 10.0. The fraction of sp³-hybridized carbons (Fsp3) is 0.133. The van der Waals surface area contributed by atoms with E-state index in [2.05, 4.69) is 20.0 Å². The van der Waals surface area contributed by atoms with Crippen molar-refractivity contribution < 1.29 is 17.5 Å². The van der Waals surface area contributed by atoms with Crippen LogP contribution < -0.4 is 10.0 Å². The van der Waals surface area contributed by atoms with Crippen molar-refractivity contribution in [3.63, 3.8) is 0 Å². The number of anilines is 1. The topological polar surface area (TPSA) is 93.2 Å². The van der Waals surface area contributed by atoms with E-state index in [1.807, 2.05) is 48.5 Å². The molecule has 0 saturated carbocycles. The maximum Gasteiger partial charge on any atom is 0.240 e. The number of sulfonamides is 1. The Bertz CT molecular complexity index is 1700. The van der Waals surface area contributed by atoms with E-state index in [9.17, 15) is 12.8 Å². The second kappa shape index (κ2) is 11.7. The zero-order valence-electron chi connectivity index (χ0n) is 21.3. The lowest BCUT2D eigenvalue weighted by Crippen LogP contribution is -2.23. The molecule has 0 fully saturated rings. The molecule has 39 heavy (non-hydrogen) atoms. The summed E-state index contributed by atoms with van der Waals surface area (Å²) in [5.41, 5.74) is 4.56. The largest absolute Gasteiger partial charge is 0.380 e. The second-order valence-electron chi connectivity index (χ2n) is 9.00. The van der Waals surface area contributed by atoms with E-state index >= 15 is 0 Å². The highest BCUT2D eigenvalue weighted by molar-refractivity contribution is 7.89. The summed E-state index contributed by atoms with van der Waals surface area (Å²) in [6, 6.07) is 26.8. The minimum atomic E-state index is -3.83. The smallest absolute Gasteiger partial charge is 0.240 e. The van der Waals surface area contributed by atoms with Gasteiger partial charge in [-0.2, -0.15) is 0 Å². The van der Waals surface area contributed by atoms with Crippen LogP contribution in [0.1, 0.15) is 16.7 Å². The van der Waals surface area contributed by atoms with Gasteiger partial charge in [0.1, 0.15) is 18.0 Å². The van der Waals surface area contributed by atoms with Crippen LogP contribution in [-0.2, 0) is 34.5 Å². The molecule has 1 heterocycles. The number of hydrogen-bond donors (Lipinski definition) is 2. The van der Waals surface area contributed by atoms with Gasteiger partial charge in [-0.3, -0.25) is 0 Å². The lowest BCUT2D eigenvalue weighted by molar-refractivity contribution is 0.185. The molecule has 7 nitrogen and oxygen atoms in total. The summed E-state index contributed by atoms with van der Waals surface area (Å²) >= 11 is 0. The summed E-state index contributed by atoms with van der Waals surface area (Å²) < 4.78 is 47.9. The summed E-state index contributed by atoms with van der Waals surface area (Å²) in [7, 11) is -2.26. The van der Waals surface area contributed by atoms with Gasteiger partial charge >= 0.3 is 0 Å². The highest BCUT2D eigenvalue weighted by Crippen LogP contribution is 2.28. The van der Waals surface area contributed by atoms with Crippen molar-refractivity contribution >= 4 is 26.7 Å². The van der Waals surface area contributed by atoms with Gasteiger partial charge in [0.2, 0.25) is 10.0 Å². The van der Waals surface area contributed by atoms with E-state index in [0.29, 0.717) is 19.0 Å². The van der Waals surface area contributed by atoms with Crippen LogP contribution in [0.3, 0.4) is 0 Å². The summed E-state index contributed by atoms with van der Waals surface area (Å²) in [6.07, 6.45) is 1.52. The Labute approximate surface area is 226 Å². The molecular formula is C30H27FN4O3S. The van der Waals surface area contributed by atoms with Crippen LogP contribution in [-0.4, -0.2) is 25.5 Å². The van der Waals surface area contributed by atoms with Crippen LogP contribution in [0.5, 0.6) is 0 Å². The highest BCUT2D eigenvalue weighted by Gasteiger charge is 2.16. The van der Waals surface area contributed by atoms with Crippen LogP contribution >= 0.6 is 0 Å². The number of fused-ring (bicyclic) bond motifs is 1. The third-order valence-corrected chi connectivity index (χ3v) is 7.73. The number of benzene rings is 4. The van der Waals surface area contributed by atoms with Crippen LogP contribution in [0.4, 0.5) is 10.2 Å². The first-order chi connectivity index (χ1) is 18.9. The summed E-state index contributed by atoms with van der Waals surface area (Å²) in [6.45, 7) is 0.798. The molecule has 9 heteroatoms. The number of rotatable bonds is 10. The number of halogens is 1. The molecule has 5 rings (SSSR count). The van der Waals surface area contributed by atoms with Crippen LogP contribution in [0.2, 0.25) is 0 Å². The van der Waals surface area contributed by atoms with Gasteiger partial charge in [-0.1, -0.05) is 54.6 Å². The molecule has 0 spiro atoms. The van der Waals surface area contributed by atoms with E-state index in [1.165, 1.54) is 24.5 Å². The Morgan fingerprint density at radius 2 is 1.56 bits per heavy atom. The van der Waals surface area contributed by atoms with Crippen LogP contribution in [0, 0.1) is 5.82 Å². The molecule has 198 valence electrons. The summed E-state index contributed by atoms with van der Waals surface area (Å²) in [5.74, 6) is 0.198. The first-order valence-corrected chi connectivity index (χ1v) is 13.8. The summed E-state index contributed by atoms with van der Waals surface area (Å²) in [5, 5.41) is 4.20. The molecule has 0 atom stereocenters. The average Bonchev–Trinajstić information content (AvgIpc) is 2.96. The standard InChI is InChI=1S/C30H27FN4O3S/c1-38-19-22-7-11-26(12-8-22)39(36,37)35-18-25-15-23(9-13-28(25)31)24-10-14-29-27(16-24)30(34-20-33-29)32-17-21-5-3-2-4-6-21/h2-16,20,35H,17-19H2,1H3,(H,32,33,34). The Hall–Kier alpha value is -4.18. The molecule has 5 aromatic rings. The molecule has 1 aromatic heterocycles. The number of methoxy groups -OCH3 is 1.